The molecule has 0 aromatic heterocycles. The third kappa shape index (κ3) is 15.5. The number of carbonyl (C=O) groups excluding carboxylic acids is 1. The molecule has 0 amide bonds. The number of rotatable bonds is 6. The van der Waals surface area contributed by atoms with E-state index in [4.69, 9.17) is 9.84 Å². The summed E-state index contributed by atoms with van der Waals surface area (Å²) in [5.41, 5.74) is 0.176. The predicted molar refractivity (Wildman–Crippen MR) is 66.8 cm³/mol. The summed E-state index contributed by atoms with van der Waals surface area (Å²) < 4.78 is 4.84. The second kappa shape index (κ2) is 12.1. The van der Waals surface area contributed by atoms with Gasteiger partial charge in [0.2, 0.25) is 0 Å². The van der Waals surface area contributed by atoms with E-state index in [1.54, 1.807) is 0 Å². The van der Waals surface area contributed by atoms with E-state index in [1.165, 1.54) is 6.92 Å². The number of hydrogen-bond acceptors (Lipinski definition) is 4. The van der Waals surface area contributed by atoms with Crippen LogP contribution in [0.15, 0.2) is 12.2 Å². The van der Waals surface area contributed by atoms with Gasteiger partial charge in [0, 0.05) is 11.3 Å². The lowest BCUT2D eigenvalue weighted by atomic mass is 10.4. The molecule has 1 N–H and O–H groups in total. The Balaban J connectivity index is 0. The van der Waals surface area contributed by atoms with Crippen molar-refractivity contribution < 1.29 is 19.4 Å². The third-order valence-electron chi connectivity index (χ3n) is 1.44. The van der Waals surface area contributed by atoms with E-state index < -0.39 is 5.97 Å². The summed E-state index contributed by atoms with van der Waals surface area (Å²) in [4.78, 5) is 20.2. The Morgan fingerprint density at radius 3 is 2.25 bits per heavy atom. The molecule has 0 bridgehead atoms. The molecule has 0 saturated heterocycles. The summed E-state index contributed by atoms with van der Waals surface area (Å²) in [5.74, 6) is -0.497. The normalized spacial score (nSPS) is 8.69. The number of carboxylic acids is 1. The zero-order valence-electron chi connectivity index (χ0n) is 9.86. The molecule has 0 aromatic rings. The quantitative estimate of drug-likeness (QED) is 0.328. The van der Waals surface area contributed by atoms with Crippen molar-refractivity contribution in [1.82, 2.24) is 0 Å². The van der Waals surface area contributed by atoms with Crippen LogP contribution in [0.25, 0.3) is 0 Å². The van der Waals surface area contributed by atoms with Gasteiger partial charge in [-0.2, -0.15) is 12.6 Å². The Labute approximate surface area is 102 Å². The Morgan fingerprint density at radius 2 is 1.94 bits per heavy atom. The molecule has 0 heterocycles. The molecule has 0 saturated carbocycles. The molecule has 0 aliphatic heterocycles. The van der Waals surface area contributed by atoms with Gasteiger partial charge in [0.25, 0.3) is 0 Å². The molecule has 16 heavy (non-hydrogen) atoms. The summed E-state index contributed by atoms with van der Waals surface area (Å²) in [7, 11) is 0. The number of carboxylic acid groups (broad SMARTS) is 1. The first-order valence-electron chi connectivity index (χ1n) is 5.11. The first-order chi connectivity index (χ1) is 7.45. The molecule has 0 aliphatic rings. The lowest BCUT2D eigenvalue weighted by Crippen LogP contribution is -2.05. The number of thiol groups is 1. The van der Waals surface area contributed by atoms with Crippen LogP contribution in [0.4, 0.5) is 0 Å². The Morgan fingerprint density at radius 1 is 1.44 bits per heavy atom. The van der Waals surface area contributed by atoms with Crippen LogP contribution < -0.4 is 0 Å². The van der Waals surface area contributed by atoms with Gasteiger partial charge in [0.1, 0.15) is 0 Å². The Kier molecular flexibility index (Phi) is 13.2. The van der Waals surface area contributed by atoms with Gasteiger partial charge in [-0.1, -0.05) is 19.9 Å². The van der Waals surface area contributed by atoms with Gasteiger partial charge < -0.3 is 9.84 Å². The summed E-state index contributed by atoms with van der Waals surface area (Å²) in [6, 6.07) is 0. The molecule has 0 unspecified atom stereocenters. The highest BCUT2D eigenvalue weighted by atomic mass is 32.1. The van der Waals surface area contributed by atoms with Gasteiger partial charge in [0.15, 0.2) is 0 Å². The summed E-state index contributed by atoms with van der Waals surface area (Å²) >= 11 is 3.90. The molecule has 0 radical (unpaired) electrons. The fourth-order valence-electron chi connectivity index (χ4n) is 0.494. The van der Waals surface area contributed by atoms with Crippen LogP contribution in [0.5, 0.6) is 0 Å². The summed E-state index contributed by atoms with van der Waals surface area (Å²) in [5, 5.41) is 7.89. The minimum absolute atomic E-state index is 0.136. The van der Waals surface area contributed by atoms with Crippen LogP contribution in [0.1, 0.15) is 33.1 Å². The molecular weight excluding hydrogens is 228 g/mol. The lowest BCUT2D eigenvalue weighted by Gasteiger charge is -2.00. The minimum Gasteiger partial charge on any atom is -0.478 e. The van der Waals surface area contributed by atoms with Gasteiger partial charge in [-0.05, 0) is 13.3 Å². The van der Waals surface area contributed by atoms with Crippen LogP contribution >= 0.6 is 12.6 Å². The number of esters is 1. The average Bonchev–Trinajstić information content (AvgIpc) is 2.19. The van der Waals surface area contributed by atoms with Crippen molar-refractivity contribution in [3.63, 3.8) is 0 Å². The molecule has 0 aliphatic carbocycles. The third-order valence-corrected chi connectivity index (χ3v) is 1.67. The number of unbranched alkanes of at least 4 members (excludes halogenated alkanes) is 1. The van der Waals surface area contributed by atoms with Gasteiger partial charge >= 0.3 is 11.9 Å². The Hall–Kier alpha value is -0.970. The summed E-state index contributed by atoms with van der Waals surface area (Å²) in [6.07, 6.45) is 2.44. The first kappa shape index (κ1) is 17.4. The molecule has 94 valence electrons. The monoisotopic (exact) mass is 248 g/mol. The minimum atomic E-state index is -0.935. The average molecular weight is 248 g/mol. The maximum atomic E-state index is 10.6. The first-order valence-corrected chi connectivity index (χ1v) is 5.74. The van der Waals surface area contributed by atoms with Gasteiger partial charge in [-0.25, -0.2) is 4.79 Å². The van der Waals surface area contributed by atoms with Crippen molar-refractivity contribution in [1.29, 1.82) is 0 Å². The second-order valence-corrected chi connectivity index (χ2v) is 3.58. The molecule has 5 heteroatoms. The van der Waals surface area contributed by atoms with E-state index >= 15 is 0 Å². The Bertz CT molecular complexity index is 214. The maximum Gasteiger partial charge on any atom is 0.330 e. The number of carbonyl (C=O) groups is 2. The highest BCUT2D eigenvalue weighted by Crippen LogP contribution is 1.92. The number of hydrogen-bond donors (Lipinski definition) is 2. The van der Waals surface area contributed by atoms with E-state index in [1.807, 2.05) is 0 Å². The van der Waals surface area contributed by atoms with Crippen molar-refractivity contribution in [2.75, 3.05) is 12.4 Å². The smallest absolute Gasteiger partial charge is 0.330 e. The standard InChI is InChI=1S/C7H14O2S.C4H6O2/c1-2-3-5-9-7(8)4-6-10;1-3(2)4(5)6/h10H,2-6H2,1H3;1H2,2H3,(H,5,6). The highest BCUT2D eigenvalue weighted by Gasteiger charge is 1.98. The predicted octanol–water partition coefficient (Wildman–Crippen LogP) is 2.30. The topological polar surface area (TPSA) is 63.6 Å². The van der Waals surface area contributed by atoms with E-state index in [-0.39, 0.29) is 11.5 Å². The number of aliphatic carboxylic acids is 1. The number of ether oxygens (including phenoxy) is 1. The zero-order chi connectivity index (χ0) is 13.0. The molecule has 0 fully saturated rings. The molecule has 0 atom stereocenters. The van der Waals surface area contributed by atoms with Crippen LogP contribution in [-0.4, -0.2) is 29.4 Å². The van der Waals surface area contributed by atoms with Crippen LogP contribution in [0.3, 0.4) is 0 Å². The van der Waals surface area contributed by atoms with Gasteiger partial charge in [-0.3, -0.25) is 4.79 Å². The van der Waals surface area contributed by atoms with Crippen molar-refractivity contribution >= 4 is 24.6 Å². The van der Waals surface area contributed by atoms with E-state index in [9.17, 15) is 9.59 Å². The molecule has 0 rings (SSSR count). The molecule has 0 spiro atoms. The highest BCUT2D eigenvalue weighted by molar-refractivity contribution is 7.80. The SMILES string of the molecule is C=C(C)C(=O)O.CCCCOC(=O)CCS. The van der Waals surface area contributed by atoms with Gasteiger partial charge in [0.05, 0.1) is 13.0 Å². The zero-order valence-corrected chi connectivity index (χ0v) is 10.8. The van der Waals surface area contributed by atoms with Crippen molar-refractivity contribution in [2.24, 2.45) is 0 Å². The molecular formula is C11H20O4S. The summed E-state index contributed by atoms with van der Waals surface area (Å²) in [6.45, 7) is 7.22. The molecule has 0 aromatic carbocycles. The van der Waals surface area contributed by atoms with Gasteiger partial charge in [-0.15, -0.1) is 0 Å². The maximum absolute atomic E-state index is 10.6. The van der Waals surface area contributed by atoms with Crippen molar-refractivity contribution in [2.45, 2.75) is 33.1 Å². The van der Waals surface area contributed by atoms with E-state index in [0.717, 1.165) is 12.8 Å². The fraction of sp³-hybridized carbons (Fsp3) is 0.636. The molecule has 4 nitrogen and oxygen atoms in total. The fourth-order valence-corrected chi connectivity index (χ4v) is 0.676. The van der Waals surface area contributed by atoms with Crippen LogP contribution in [0.2, 0.25) is 0 Å². The van der Waals surface area contributed by atoms with Crippen molar-refractivity contribution in [3.05, 3.63) is 12.2 Å². The van der Waals surface area contributed by atoms with Crippen LogP contribution in [0, 0.1) is 0 Å². The van der Waals surface area contributed by atoms with Crippen molar-refractivity contribution in [3.8, 4) is 0 Å². The van der Waals surface area contributed by atoms with Crippen LogP contribution in [-0.2, 0) is 14.3 Å². The van der Waals surface area contributed by atoms with E-state index in [2.05, 4.69) is 26.1 Å². The lowest BCUT2D eigenvalue weighted by molar-refractivity contribution is -0.143. The van der Waals surface area contributed by atoms with E-state index in [0.29, 0.717) is 18.8 Å². The largest absolute Gasteiger partial charge is 0.478 e. The second-order valence-electron chi connectivity index (χ2n) is 3.13.